The van der Waals surface area contributed by atoms with E-state index in [0.717, 1.165) is 5.56 Å². The largest absolute Gasteiger partial charge is 0.423 e. The summed E-state index contributed by atoms with van der Waals surface area (Å²) in [5, 5.41) is 2.76. The minimum Gasteiger partial charge on any atom is -0.423 e. The molecule has 0 aliphatic carbocycles. The fourth-order valence-corrected chi connectivity index (χ4v) is 2.37. The van der Waals surface area contributed by atoms with Crippen LogP contribution in [0, 0.1) is 11.6 Å². The Balaban J connectivity index is 1.64. The van der Waals surface area contributed by atoms with Gasteiger partial charge in [-0.25, -0.2) is 8.78 Å². The fourth-order valence-electron chi connectivity index (χ4n) is 2.37. The van der Waals surface area contributed by atoms with Gasteiger partial charge in [0.2, 0.25) is 5.91 Å². The maximum Gasteiger partial charge on any atom is 0.298 e. The Bertz CT molecular complexity index is 878. The number of oxazole rings is 1. The summed E-state index contributed by atoms with van der Waals surface area (Å²) in [6.45, 7) is 2.71. The van der Waals surface area contributed by atoms with Crippen molar-refractivity contribution in [2.75, 3.05) is 18.0 Å². The average molecular weight is 345 g/mol. The highest BCUT2D eigenvalue weighted by molar-refractivity contribution is 5.81. The van der Waals surface area contributed by atoms with Crippen molar-refractivity contribution in [1.82, 2.24) is 10.3 Å². The topological polar surface area (TPSA) is 58.4 Å². The second-order valence-corrected chi connectivity index (χ2v) is 5.53. The summed E-state index contributed by atoms with van der Waals surface area (Å²) < 4.78 is 31.7. The number of carbonyl (C=O) groups excluding carboxylic acids is 1. The van der Waals surface area contributed by atoms with E-state index in [-0.39, 0.29) is 24.3 Å². The van der Waals surface area contributed by atoms with Gasteiger partial charge in [-0.05, 0) is 36.8 Å². The molecule has 1 aromatic heterocycles. The number of rotatable bonds is 6. The summed E-state index contributed by atoms with van der Waals surface area (Å²) >= 11 is 0. The first kappa shape index (κ1) is 16.9. The lowest BCUT2D eigenvalue weighted by Gasteiger charge is -2.17. The van der Waals surface area contributed by atoms with Crippen LogP contribution in [0.2, 0.25) is 0 Å². The van der Waals surface area contributed by atoms with E-state index < -0.39 is 5.82 Å². The zero-order valence-corrected chi connectivity index (χ0v) is 13.6. The van der Waals surface area contributed by atoms with E-state index in [2.05, 4.69) is 10.3 Å². The van der Waals surface area contributed by atoms with Crippen molar-refractivity contribution >= 4 is 23.0 Å². The Labute approximate surface area is 143 Å². The minimum absolute atomic E-state index is 0.0486. The summed E-state index contributed by atoms with van der Waals surface area (Å²) in [4.78, 5) is 18.0. The van der Waals surface area contributed by atoms with Gasteiger partial charge in [0.25, 0.3) is 6.01 Å². The number of hydrogen-bond donors (Lipinski definition) is 1. The molecule has 0 bridgehead atoms. The Kier molecular flexibility index (Phi) is 4.92. The number of amides is 1. The molecule has 7 heteroatoms. The van der Waals surface area contributed by atoms with Crippen LogP contribution in [-0.4, -0.2) is 24.0 Å². The van der Waals surface area contributed by atoms with Gasteiger partial charge in [0.05, 0.1) is 0 Å². The number of aromatic nitrogens is 1. The van der Waals surface area contributed by atoms with Crippen molar-refractivity contribution in [3.8, 4) is 0 Å². The maximum absolute atomic E-state index is 13.2. The predicted octanol–water partition coefficient (Wildman–Crippen LogP) is 3.25. The normalized spacial score (nSPS) is 10.8. The molecule has 0 unspecified atom stereocenters. The van der Waals surface area contributed by atoms with Crippen LogP contribution in [0.4, 0.5) is 14.8 Å². The van der Waals surface area contributed by atoms with E-state index in [9.17, 15) is 13.6 Å². The zero-order valence-electron chi connectivity index (χ0n) is 13.6. The van der Waals surface area contributed by atoms with Crippen LogP contribution in [0.15, 0.2) is 46.9 Å². The molecule has 0 fully saturated rings. The smallest absolute Gasteiger partial charge is 0.298 e. The number of halogens is 2. The molecule has 3 aromatic rings. The third-order valence-electron chi connectivity index (χ3n) is 3.73. The standard InChI is InChI=1S/C18H17F2N3O2/c1-2-23(18-22-15-9-14(20)7-8-16(15)25-18)11-17(24)21-10-12-3-5-13(19)6-4-12/h3-9H,2,10-11H2,1H3,(H,21,24). The van der Waals surface area contributed by atoms with Crippen molar-refractivity contribution in [2.24, 2.45) is 0 Å². The van der Waals surface area contributed by atoms with Crippen molar-refractivity contribution in [3.05, 3.63) is 59.7 Å². The van der Waals surface area contributed by atoms with Crippen LogP contribution in [-0.2, 0) is 11.3 Å². The lowest BCUT2D eigenvalue weighted by Crippen LogP contribution is -2.37. The van der Waals surface area contributed by atoms with Gasteiger partial charge in [0.1, 0.15) is 23.7 Å². The lowest BCUT2D eigenvalue weighted by molar-refractivity contribution is -0.120. The summed E-state index contributed by atoms with van der Waals surface area (Å²) in [5.74, 6) is -0.938. The molecule has 25 heavy (non-hydrogen) atoms. The molecule has 0 aliphatic heterocycles. The van der Waals surface area contributed by atoms with Crippen LogP contribution in [0.5, 0.6) is 0 Å². The SMILES string of the molecule is CCN(CC(=O)NCc1ccc(F)cc1)c1nc2cc(F)ccc2o1. The van der Waals surface area contributed by atoms with Gasteiger partial charge in [0, 0.05) is 19.2 Å². The number of nitrogens with one attached hydrogen (secondary N) is 1. The highest BCUT2D eigenvalue weighted by Crippen LogP contribution is 2.22. The van der Waals surface area contributed by atoms with Crippen LogP contribution in [0.3, 0.4) is 0 Å². The molecule has 3 rings (SSSR count). The second-order valence-electron chi connectivity index (χ2n) is 5.53. The van der Waals surface area contributed by atoms with E-state index in [1.165, 1.54) is 30.3 Å². The number of benzene rings is 2. The van der Waals surface area contributed by atoms with Crippen molar-refractivity contribution < 1.29 is 18.0 Å². The molecule has 5 nitrogen and oxygen atoms in total. The minimum atomic E-state index is -0.396. The first-order valence-corrected chi connectivity index (χ1v) is 7.87. The van der Waals surface area contributed by atoms with Crippen LogP contribution in [0.1, 0.15) is 12.5 Å². The Morgan fingerprint density at radius 3 is 2.60 bits per heavy atom. The van der Waals surface area contributed by atoms with Crippen LogP contribution < -0.4 is 10.2 Å². The van der Waals surface area contributed by atoms with Gasteiger partial charge < -0.3 is 14.6 Å². The monoisotopic (exact) mass is 345 g/mol. The first-order valence-electron chi connectivity index (χ1n) is 7.87. The summed E-state index contributed by atoms with van der Waals surface area (Å²) in [6.07, 6.45) is 0. The number of fused-ring (bicyclic) bond motifs is 1. The maximum atomic E-state index is 13.2. The Morgan fingerprint density at radius 2 is 1.88 bits per heavy atom. The molecule has 0 spiro atoms. The molecule has 0 saturated heterocycles. The van der Waals surface area contributed by atoms with E-state index >= 15 is 0 Å². The zero-order chi connectivity index (χ0) is 17.8. The van der Waals surface area contributed by atoms with Crippen molar-refractivity contribution in [3.63, 3.8) is 0 Å². The van der Waals surface area contributed by atoms with E-state index in [1.54, 1.807) is 17.0 Å². The van der Waals surface area contributed by atoms with Gasteiger partial charge in [-0.3, -0.25) is 4.79 Å². The number of likely N-dealkylation sites (N-methyl/N-ethyl adjacent to an activating group) is 1. The highest BCUT2D eigenvalue weighted by atomic mass is 19.1. The Morgan fingerprint density at radius 1 is 1.16 bits per heavy atom. The second kappa shape index (κ2) is 7.29. The van der Waals surface area contributed by atoms with Crippen molar-refractivity contribution in [2.45, 2.75) is 13.5 Å². The number of nitrogens with zero attached hydrogens (tertiary/aromatic N) is 2. The van der Waals surface area contributed by atoms with Gasteiger partial charge in [-0.15, -0.1) is 0 Å². The number of anilines is 1. The van der Waals surface area contributed by atoms with Gasteiger partial charge in [0.15, 0.2) is 5.58 Å². The molecular weight excluding hydrogens is 328 g/mol. The lowest BCUT2D eigenvalue weighted by atomic mass is 10.2. The molecule has 1 N–H and O–H groups in total. The van der Waals surface area contributed by atoms with Crippen molar-refractivity contribution in [1.29, 1.82) is 0 Å². The summed E-state index contributed by atoms with van der Waals surface area (Å²) in [6, 6.07) is 10.3. The van der Waals surface area contributed by atoms with Crippen LogP contribution in [0.25, 0.3) is 11.1 Å². The molecule has 2 aromatic carbocycles. The summed E-state index contributed by atoms with van der Waals surface area (Å²) in [5.41, 5.74) is 1.66. The molecule has 0 saturated carbocycles. The van der Waals surface area contributed by atoms with E-state index in [0.29, 0.717) is 24.2 Å². The third-order valence-corrected chi connectivity index (χ3v) is 3.73. The molecule has 0 aliphatic rings. The number of carbonyl (C=O) groups is 1. The van der Waals surface area contributed by atoms with Gasteiger partial charge >= 0.3 is 0 Å². The quantitative estimate of drug-likeness (QED) is 0.745. The van der Waals surface area contributed by atoms with Gasteiger partial charge in [-0.2, -0.15) is 4.98 Å². The third kappa shape index (κ3) is 4.12. The molecule has 1 heterocycles. The number of hydrogen-bond acceptors (Lipinski definition) is 4. The summed E-state index contributed by atoms with van der Waals surface area (Å²) in [7, 11) is 0. The highest BCUT2D eigenvalue weighted by Gasteiger charge is 2.16. The molecule has 1 amide bonds. The van der Waals surface area contributed by atoms with Gasteiger partial charge in [-0.1, -0.05) is 12.1 Å². The molecule has 130 valence electrons. The average Bonchev–Trinajstić information content (AvgIpc) is 3.02. The van der Waals surface area contributed by atoms with E-state index in [1.807, 2.05) is 6.92 Å². The Hall–Kier alpha value is -2.96. The fraction of sp³-hybridized carbons (Fsp3) is 0.222. The van der Waals surface area contributed by atoms with Crippen LogP contribution >= 0.6 is 0 Å². The first-order chi connectivity index (χ1) is 12.0. The molecular formula is C18H17F2N3O2. The molecule has 0 atom stereocenters. The van der Waals surface area contributed by atoms with E-state index in [4.69, 9.17) is 4.42 Å². The predicted molar refractivity (Wildman–Crippen MR) is 90.1 cm³/mol. The molecule has 0 radical (unpaired) electrons.